The highest BCUT2D eigenvalue weighted by molar-refractivity contribution is 5.42. The quantitative estimate of drug-likeness (QED) is 0.816. The third-order valence-corrected chi connectivity index (χ3v) is 4.29. The van der Waals surface area contributed by atoms with Gasteiger partial charge < -0.3 is 20.7 Å². The van der Waals surface area contributed by atoms with Crippen LogP contribution in [0.5, 0.6) is 0 Å². The summed E-state index contributed by atoms with van der Waals surface area (Å²) in [4.78, 5) is 15.0. The van der Waals surface area contributed by atoms with Crippen LogP contribution in [0.15, 0.2) is 0 Å². The summed E-state index contributed by atoms with van der Waals surface area (Å²) in [5.41, 5.74) is 6.27. The molecule has 1 saturated heterocycles. The van der Waals surface area contributed by atoms with Gasteiger partial charge in [0.25, 0.3) is 0 Å². The van der Waals surface area contributed by atoms with Crippen molar-refractivity contribution in [2.45, 2.75) is 32.6 Å². The predicted molar refractivity (Wildman–Crippen MR) is 82.3 cm³/mol. The second-order valence-electron chi connectivity index (χ2n) is 6.02. The first-order valence-electron chi connectivity index (χ1n) is 7.79. The molecular formula is C14H24N6O. The predicted octanol–water partition coefficient (Wildman–Crippen LogP) is 1.28. The number of ether oxygens (including phenoxy) is 1. The van der Waals surface area contributed by atoms with Gasteiger partial charge in [-0.2, -0.15) is 15.0 Å². The van der Waals surface area contributed by atoms with E-state index in [9.17, 15) is 0 Å². The molecule has 0 bridgehead atoms. The molecule has 0 atom stereocenters. The van der Waals surface area contributed by atoms with Gasteiger partial charge in [-0.1, -0.05) is 13.3 Å². The van der Waals surface area contributed by atoms with E-state index in [1.165, 1.54) is 25.7 Å². The van der Waals surface area contributed by atoms with E-state index >= 15 is 0 Å². The van der Waals surface area contributed by atoms with Crippen LogP contribution in [0.4, 0.5) is 17.8 Å². The highest BCUT2D eigenvalue weighted by Gasteiger charge is 2.41. The molecule has 7 heteroatoms. The number of anilines is 3. The Morgan fingerprint density at radius 3 is 2.67 bits per heavy atom. The van der Waals surface area contributed by atoms with Crippen LogP contribution in [-0.4, -0.2) is 47.8 Å². The second-order valence-corrected chi connectivity index (χ2v) is 6.02. The van der Waals surface area contributed by atoms with Crippen molar-refractivity contribution in [3.8, 4) is 0 Å². The lowest BCUT2D eigenvalue weighted by Gasteiger charge is -2.27. The number of nitrogens with two attached hydrogens (primary N) is 1. The van der Waals surface area contributed by atoms with Crippen molar-refractivity contribution >= 4 is 17.8 Å². The molecule has 116 valence electrons. The maximum atomic E-state index is 5.82. The van der Waals surface area contributed by atoms with Crippen molar-refractivity contribution in [3.05, 3.63) is 0 Å². The Morgan fingerprint density at radius 1 is 1.24 bits per heavy atom. The van der Waals surface area contributed by atoms with Crippen LogP contribution in [0, 0.1) is 5.41 Å². The summed E-state index contributed by atoms with van der Waals surface area (Å²) >= 11 is 0. The first kappa shape index (κ1) is 14.3. The van der Waals surface area contributed by atoms with E-state index < -0.39 is 0 Å². The summed E-state index contributed by atoms with van der Waals surface area (Å²) in [6, 6.07) is 0. The van der Waals surface area contributed by atoms with Gasteiger partial charge in [0.1, 0.15) is 0 Å². The molecule has 3 rings (SSSR count). The monoisotopic (exact) mass is 292 g/mol. The van der Waals surface area contributed by atoms with Crippen LogP contribution in [0.2, 0.25) is 0 Å². The molecule has 1 aromatic rings. The van der Waals surface area contributed by atoms with E-state index in [-0.39, 0.29) is 5.95 Å². The minimum absolute atomic E-state index is 0.273. The van der Waals surface area contributed by atoms with Crippen molar-refractivity contribution in [2.75, 3.05) is 48.8 Å². The van der Waals surface area contributed by atoms with Crippen LogP contribution >= 0.6 is 0 Å². The third kappa shape index (κ3) is 3.53. The van der Waals surface area contributed by atoms with E-state index in [1.807, 2.05) is 0 Å². The lowest BCUT2D eigenvalue weighted by Crippen LogP contribution is -2.37. The summed E-state index contributed by atoms with van der Waals surface area (Å²) in [6.07, 6.45) is 5.08. The van der Waals surface area contributed by atoms with Gasteiger partial charge in [-0.05, 0) is 24.7 Å². The molecule has 1 aliphatic heterocycles. The number of nitrogens with zero attached hydrogens (tertiary/aromatic N) is 4. The number of nitrogens with one attached hydrogen (secondary N) is 1. The topological polar surface area (TPSA) is 89.2 Å². The zero-order valence-corrected chi connectivity index (χ0v) is 12.6. The fourth-order valence-electron chi connectivity index (χ4n) is 2.85. The first-order chi connectivity index (χ1) is 10.2. The Morgan fingerprint density at radius 2 is 2.00 bits per heavy atom. The molecule has 2 heterocycles. The standard InChI is InChI=1S/C14H24N6O/c1-2-3-14(4-5-14)10-16-12-17-11(15)18-13(19-12)20-6-8-21-9-7-20/h2-10H2,1H3,(H3,15,16,17,18,19). The lowest BCUT2D eigenvalue weighted by molar-refractivity contribution is 0.122. The molecule has 0 aromatic carbocycles. The van der Waals surface area contributed by atoms with E-state index in [4.69, 9.17) is 10.5 Å². The van der Waals surface area contributed by atoms with Crippen molar-refractivity contribution in [2.24, 2.45) is 5.41 Å². The Bertz CT molecular complexity index is 484. The summed E-state index contributed by atoms with van der Waals surface area (Å²) < 4.78 is 5.35. The van der Waals surface area contributed by atoms with Gasteiger partial charge in [-0.25, -0.2) is 0 Å². The molecule has 0 spiro atoms. The molecule has 0 unspecified atom stereocenters. The third-order valence-electron chi connectivity index (χ3n) is 4.29. The molecule has 2 aliphatic rings. The highest BCUT2D eigenvalue weighted by Crippen LogP contribution is 2.49. The van der Waals surface area contributed by atoms with Gasteiger partial charge in [-0.15, -0.1) is 0 Å². The number of nitrogen functional groups attached to an aromatic ring is 1. The minimum atomic E-state index is 0.273. The largest absolute Gasteiger partial charge is 0.378 e. The van der Waals surface area contributed by atoms with E-state index in [0.717, 1.165) is 19.6 Å². The Hall–Kier alpha value is -1.63. The highest BCUT2D eigenvalue weighted by atomic mass is 16.5. The van der Waals surface area contributed by atoms with E-state index in [2.05, 4.69) is 32.1 Å². The summed E-state index contributed by atoms with van der Waals surface area (Å²) in [7, 11) is 0. The smallest absolute Gasteiger partial charge is 0.232 e. The molecule has 2 fully saturated rings. The number of aromatic nitrogens is 3. The first-order valence-corrected chi connectivity index (χ1v) is 7.79. The second kappa shape index (κ2) is 6.01. The number of morpholine rings is 1. The van der Waals surface area contributed by atoms with Crippen molar-refractivity contribution in [1.82, 2.24) is 15.0 Å². The van der Waals surface area contributed by atoms with Crippen molar-refractivity contribution in [3.63, 3.8) is 0 Å². The fraction of sp³-hybridized carbons (Fsp3) is 0.786. The van der Waals surface area contributed by atoms with Gasteiger partial charge in [-0.3, -0.25) is 0 Å². The Kier molecular flexibility index (Phi) is 4.10. The normalized spacial score (nSPS) is 20.3. The van der Waals surface area contributed by atoms with Crippen molar-refractivity contribution < 1.29 is 4.74 Å². The van der Waals surface area contributed by atoms with Crippen LogP contribution in [0.3, 0.4) is 0 Å². The average Bonchev–Trinajstić information content (AvgIpc) is 3.26. The molecule has 21 heavy (non-hydrogen) atoms. The van der Waals surface area contributed by atoms with Gasteiger partial charge in [0.15, 0.2) is 0 Å². The fourth-order valence-corrected chi connectivity index (χ4v) is 2.85. The molecule has 0 amide bonds. The van der Waals surface area contributed by atoms with Crippen LogP contribution in [-0.2, 0) is 4.74 Å². The molecule has 1 aromatic heterocycles. The zero-order chi connectivity index (χ0) is 14.7. The van der Waals surface area contributed by atoms with E-state index in [0.29, 0.717) is 30.5 Å². The maximum Gasteiger partial charge on any atom is 0.232 e. The number of hydrogen-bond donors (Lipinski definition) is 2. The molecule has 1 aliphatic carbocycles. The SMILES string of the molecule is CCCC1(CNc2nc(N)nc(N3CCOCC3)n2)CC1. The average molecular weight is 292 g/mol. The number of rotatable bonds is 6. The van der Waals surface area contributed by atoms with Gasteiger partial charge in [0.05, 0.1) is 13.2 Å². The Balaban J connectivity index is 1.66. The number of hydrogen-bond acceptors (Lipinski definition) is 7. The van der Waals surface area contributed by atoms with Gasteiger partial charge in [0.2, 0.25) is 17.8 Å². The van der Waals surface area contributed by atoms with E-state index in [1.54, 1.807) is 0 Å². The zero-order valence-electron chi connectivity index (χ0n) is 12.6. The van der Waals surface area contributed by atoms with Crippen LogP contribution in [0.1, 0.15) is 32.6 Å². The molecule has 1 saturated carbocycles. The van der Waals surface area contributed by atoms with Crippen molar-refractivity contribution in [1.29, 1.82) is 0 Å². The molecule has 3 N–H and O–H groups in total. The molecule has 7 nitrogen and oxygen atoms in total. The Labute approximate surface area is 125 Å². The van der Waals surface area contributed by atoms with Gasteiger partial charge >= 0.3 is 0 Å². The molecule has 0 radical (unpaired) electrons. The maximum absolute atomic E-state index is 5.82. The van der Waals surface area contributed by atoms with Gasteiger partial charge in [0, 0.05) is 19.6 Å². The molecular weight excluding hydrogens is 268 g/mol. The summed E-state index contributed by atoms with van der Waals surface area (Å²) in [5, 5.41) is 3.35. The van der Waals surface area contributed by atoms with Crippen LogP contribution < -0.4 is 16.0 Å². The van der Waals surface area contributed by atoms with Crippen LogP contribution in [0.25, 0.3) is 0 Å². The summed E-state index contributed by atoms with van der Waals surface area (Å²) in [6.45, 7) is 6.15. The summed E-state index contributed by atoms with van der Waals surface area (Å²) in [5.74, 6) is 1.51. The lowest BCUT2D eigenvalue weighted by atomic mass is 10.0. The minimum Gasteiger partial charge on any atom is -0.378 e.